The molecule has 0 fully saturated rings. The van der Waals surface area contributed by atoms with Crippen molar-refractivity contribution in [3.63, 3.8) is 0 Å². The third-order valence-corrected chi connectivity index (χ3v) is 5.62. The van der Waals surface area contributed by atoms with E-state index in [0.717, 1.165) is 0 Å². The molecule has 134 valence electrons. The van der Waals surface area contributed by atoms with Gasteiger partial charge in [-0.1, -0.05) is 6.08 Å². The molecule has 0 spiro atoms. The maximum absolute atomic E-state index is 12.1. The second-order valence-electron chi connectivity index (χ2n) is 5.24. The van der Waals surface area contributed by atoms with Gasteiger partial charge in [-0.15, -0.1) is 0 Å². The van der Waals surface area contributed by atoms with Crippen LogP contribution in [0.25, 0.3) is 0 Å². The lowest BCUT2D eigenvalue weighted by Crippen LogP contribution is -2.23. The summed E-state index contributed by atoms with van der Waals surface area (Å²) < 4.78 is 33.9. The molecule has 1 aliphatic rings. The van der Waals surface area contributed by atoms with Gasteiger partial charge in [-0.3, -0.25) is 14.2 Å². The van der Waals surface area contributed by atoms with Crippen LogP contribution in [-0.2, 0) is 24.4 Å². The van der Waals surface area contributed by atoms with Gasteiger partial charge in [0.25, 0.3) is 0 Å². The van der Waals surface area contributed by atoms with Crippen LogP contribution in [0.2, 0.25) is 0 Å². The summed E-state index contributed by atoms with van der Waals surface area (Å²) in [6.07, 6.45) is 3.01. The normalized spacial score (nSPS) is 17.5. The molecule has 2 atom stereocenters. The fraction of sp³-hybridized carbons (Fsp3) is 0.462. The minimum Gasteiger partial charge on any atom is -0.481 e. The van der Waals surface area contributed by atoms with Crippen LogP contribution in [0.3, 0.4) is 0 Å². The molecule has 1 rings (SSSR count). The molecule has 0 aromatic rings. The van der Waals surface area contributed by atoms with Crippen molar-refractivity contribution < 1.29 is 37.7 Å². The van der Waals surface area contributed by atoms with Crippen LogP contribution < -0.4 is 5.32 Å². The summed E-state index contributed by atoms with van der Waals surface area (Å²) in [6, 6.07) is 0. The lowest BCUT2D eigenvalue weighted by molar-refractivity contribution is -0.142. The van der Waals surface area contributed by atoms with Crippen molar-refractivity contribution in [2.75, 3.05) is 12.4 Å². The van der Waals surface area contributed by atoms with Crippen molar-refractivity contribution in [1.29, 1.82) is 0 Å². The highest BCUT2D eigenvalue weighted by molar-refractivity contribution is 7.73. The van der Waals surface area contributed by atoms with Gasteiger partial charge in [0.2, 0.25) is 17.7 Å². The zero-order chi connectivity index (χ0) is 18.3. The van der Waals surface area contributed by atoms with Gasteiger partial charge in [-0.2, -0.15) is 8.42 Å². The van der Waals surface area contributed by atoms with Gasteiger partial charge in [0.15, 0.2) is 0 Å². The highest BCUT2D eigenvalue weighted by atomic mass is 32.2. The van der Waals surface area contributed by atoms with E-state index in [1.807, 2.05) is 0 Å². The first-order chi connectivity index (χ1) is 11.1. The summed E-state index contributed by atoms with van der Waals surface area (Å²) in [5.41, 5.74) is 0.326. The maximum atomic E-state index is 12.1. The Morgan fingerprint density at radius 1 is 1.33 bits per heavy atom. The second-order valence-corrected chi connectivity index (χ2v) is 8.61. The van der Waals surface area contributed by atoms with Gasteiger partial charge >= 0.3 is 11.9 Å². The van der Waals surface area contributed by atoms with Crippen LogP contribution in [-0.4, -0.2) is 52.8 Å². The van der Waals surface area contributed by atoms with Crippen LogP contribution in [0.4, 0.5) is 0 Å². The quantitative estimate of drug-likeness (QED) is 0.326. The van der Waals surface area contributed by atoms with Gasteiger partial charge < -0.3 is 20.4 Å². The number of nitrogens with one attached hydrogen (secondary N) is 1. The molecule has 0 saturated heterocycles. The number of carboxylic acid groups (broad SMARTS) is 2. The van der Waals surface area contributed by atoms with E-state index in [-0.39, 0.29) is 17.7 Å². The third-order valence-electron chi connectivity index (χ3n) is 3.24. The largest absolute Gasteiger partial charge is 0.481 e. The van der Waals surface area contributed by atoms with E-state index in [1.165, 1.54) is 6.08 Å². The number of carbonyl (C=O) groups is 2. The standard InChI is InChI=1S/C13H18NO8PS/c15-12(16)5-4-9(13(17)18)7-23(19,20)8-14-10-2-1-3-11(6-10)24(21)22/h1-2,6,9,14H,3-5,7-8H2,(H,15,16)(H,17,18)(H,19,20). The first-order valence-corrected chi connectivity index (χ1v) is 10.0. The van der Waals surface area contributed by atoms with Crippen LogP contribution in [0.15, 0.2) is 23.9 Å². The Morgan fingerprint density at radius 2 is 2.00 bits per heavy atom. The molecule has 0 bridgehead atoms. The Balaban J connectivity index is 2.70. The lowest BCUT2D eigenvalue weighted by atomic mass is 10.1. The molecule has 4 N–H and O–H groups in total. The Morgan fingerprint density at radius 3 is 2.54 bits per heavy atom. The molecule has 0 aliphatic heterocycles. The predicted molar refractivity (Wildman–Crippen MR) is 86.5 cm³/mol. The van der Waals surface area contributed by atoms with Crippen molar-refractivity contribution in [2.24, 2.45) is 5.92 Å². The molecule has 0 amide bonds. The van der Waals surface area contributed by atoms with E-state index < -0.39 is 54.4 Å². The molecule has 11 heteroatoms. The average molecular weight is 379 g/mol. The van der Waals surface area contributed by atoms with Gasteiger partial charge in [0, 0.05) is 24.7 Å². The van der Waals surface area contributed by atoms with Crippen LogP contribution in [0, 0.1) is 5.92 Å². The number of hydrogen-bond acceptors (Lipinski definition) is 6. The fourth-order valence-electron chi connectivity index (χ4n) is 2.02. The van der Waals surface area contributed by atoms with E-state index in [1.54, 1.807) is 12.2 Å². The van der Waals surface area contributed by atoms with Crippen molar-refractivity contribution in [3.05, 3.63) is 23.9 Å². The molecule has 9 nitrogen and oxygen atoms in total. The summed E-state index contributed by atoms with van der Waals surface area (Å²) >= 11 is 0. The smallest absolute Gasteiger partial charge is 0.307 e. The first-order valence-electron chi connectivity index (χ1n) is 6.93. The lowest BCUT2D eigenvalue weighted by Gasteiger charge is -2.18. The summed E-state index contributed by atoms with van der Waals surface area (Å²) in [5, 5.41) is 20.2. The Kier molecular flexibility index (Phi) is 7.40. The predicted octanol–water partition coefficient (Wildman–Crippen LogP) is 0.265. The maximum Gasteiger partial charge on any atom is 0.307 e. The molecular formula is C13H18NO8PS. The summed E-state index contributed by atoms with van der Waals surface area (Å²) in [7, 11) is -6.28. The Bertz CT molecular complexity index is 744. The summed E-state index contributed by atoms with van der Waals surface area (Å²) in [6.45, 7) is 0. The number of rotatable bonds is 9. The topological polar surface area (TPSA) is 158 Å². The van der Waals surface area contributed by atoms with Gasteiger partial charge in [0.05, 0.1) is 17.1 Å². The van der Waals surface area contributed by atoms with E-state index in [0.29, 0.717) is 5.70 Å². The van der Waals surface area contributed by atoms with Gasteiger partial charge in [-0.25, -0.2) is 0 Å². The van der Waals surface area contributed by atoms with Crippen molar-refractivity contribution in [1.82, 2.24) is 5.32 Å². The minimum absolute atomic E-state index is 0.123. The molecular weight excluding hydrogens is 361 g/mol. The van der Waals surface area contributed by atoms with E-state index in [9.17, 15) is 27.5 Å². The van der Waals surface area contributed by atoms with Gasteiger partial charge in [-0.05, 0) is 18.6 Å². The minimum atomic E-state index is -3.90. The highest BCUT2D eigenvalue weighted by Gasteiger charge is 2.29. The zero-order valence-electron chi connectivity index (χ0n) is 12.6. The number of aliphatic carboxylic acids is 2. The molecule has 0 heterocycles. The molecule has 0 saturated carbocycles. The monoisotopic (exact) mass is 379 g/mol. The number of allylic oxidation sites excluding steroid dienone is 3. The molecule has 2 unspecified atom stereocenters. The average Bonchev–Trinajstić information content (AvgIpc) is 2.49. The molecule has 24 heavy (non-hydrogen) atoms. The van der Waals surface area contributed by atoms with E-state index in [4.69, 9.17) is 10.2 Å². The van der Waals surface area contributed by atoms with Crippen molar-refractivity contribution >= 4 is 34.5 Å². The van der Waals surface area contributed by atoms with Gasteiger partial charge in [0.1, 0.15) is 0 Å². The fourth-order valence-corrected chi connectivity index (χ4v) is 4.06. The number of hydrogen-bond donors (Lipinski definition) is 4. The Hall–Kier alpha value is -1.90. The molecule has 1 aliphatic carbocycles. The molecule has 0 radical (unpaired) electrons. The van der Waals surface area contributed by atoms with E-state index >= 15 is 0 Å². The van der Waals surface area contributed by atoms with E-state index in [2.05, 4.69) is 5.32 Å². The third kappa shape index (κ3) is 7.12. The summed E-state index contributed by atoms with van der Waals surface area (Å²) in [4.78, 5) is 31.6. The van der Waals surface area contributed by atoms with Crippen LogP contribution in [0.1, 0.15) is 19.3 Å². The second kappa shape index (κ2) is 8.81. The highest BCUT2D eigenvalue weighted by Crippen LogP contribution is 2.42. The van der Waals surface area contributed by atoms with Crippen LogP contribution in [0.5, 0.6) is 0 Å². The Labute approximate surface area is 139 Å². The summed E-state index contributed by atoms with van der Waals surface area (Å²) in [5.74, 6) is -3.76. The molecule has 0 aromatic carbocycles. The first kappa shape index (κ1) is 20.1. The van der Waals surface area contributed by atoms with Crippen molar-refractivity contribution in [3.8, 4) is 0 Å². The SMILES string of the molecule is O=C(O)CCC(CP(=O)(O)CNC1=CC(=S(=O)=O)CC=C1)C(=O)O. The molecule has 0 aromatic heterocycles. The van der Waals surface area contributed by atoms with Crippen molar-refractivity contribution in [2.45, 2.75) is 19.3 Å². The van der Waals surface area contributed by atoms with Crippen LogP contribution >= 0.6 is 7.37 Å². The number of carboxylic acids is 2. The zero-order valence-corrected chi connectivity index (χ0v) is 14.3.